The molecule has 5 N–H and O–H groups in total. The third-order valence-electron chi connectivity index (χ3n) is 3.71. The number of carboxylic acid groups (broad SMARTS) is 1. The van der Waals surface area contributed by atoms with E-state index in [1.165, 1.54) is 6.07 Å². The number of rotatable bonds is 3. The van der Waals surface area contributed by atoms with Gasteiger partial charge in [0.2, 0.25) is 5.41 Å². The SMILES string of the molecule is N#C[C@@]1(C(=O)O)[C@H](O)[C@H](CO)O[C@@H](n2ccc(=O)[nH]c2=O)[C@H]1O. The lowest BCUT2D eigenvalue weighted by atomic mass is 9.73. The van der Waals surface area contributed by atoms with Crippen LogP contribution in [0.15, 0.2) is 21.9 Å². The van der Waals surface area contributed by atoms with Crippen LogP contribution in [0.2, 0.25) is 0 Å². The van der Waals surface area contributed by atoms with Crippen molar-refractivity contribution < 1.29 is 30.0 Å². The zero-order valence-electron chi connectivity index (χ0n) is 11.5. The summed E-state index contributed by atoms with van der Waals surface area (Å²) in [5.74, 6) is -1.84. The molecular formula is C12H13N3O8. The van der Waals surface area contributed by atoms with Crippen LogP contribution < -0.4 is 11.2 Å². The summed E-state index contributed by atoms with van der Waals surface area (Å²) in [6.07, 6.45) is -6.51. The van der Waals surface area contributed by atoms with Gasteiger partial charge in [0.1, 0.15) is 18.3 Å². The number of hydrogen-bond donors (Lipinski definition) is 5. The molecule has 1 aliphatic heterocycles. The predicted molar refractivity (Wildman–Crippen MR) is 70.0 cm³/mol. The van der Waals surface area contributed by atoms with Gasteiger partial charge < -0.3 is 25.2 Å². The number of aliphatic hydroxyl groups excluding tert-OH is 3. The largest absolute Gasteiger partial charge is 0.480 e. The van der Waals surface area contributed by atoms with Crippen molar-refractivity contribution in [3.63, 3.8) is 0 Å². The van der Waals surface area contributed by atoms with E-state index in [1.54, 1.807) is 0 Å². The number of aromatic nitrogens is 2. The van der Waals surface area contributed by atoms with Crippen molar-refractivity contribution in [3.05, 3.63) is 33.1 Å². The van der Waals surface area contributed by atoms with Crippen molar-refractivity contribution in [2.24, 2.45) is 5.41 Å². The van der Waals surface area contributed by atoms with Gasteiger partial charge in [0.15, 0.2) is 6.23 Å². The molecule has 0 amide bonds. The van der Waals surface area contributed by atoms with E-state index >= 15 is 0 Å². The van der Waals surface area contributed by atoms with Gasteiger partial charge >= 0.3 is 11.7 Å². The molecule has 0 bridgehead atoms. The van der Waals surface area contributed by atoms with Crippen LogP contribution in [0.25, 0.3) is 0 Å². The normalized spacial score (nSPS) is 33.8. The average Bonchev–Trinajstić information content (AvgIpc) is 2.49. The molecule has 0 spiro atoms. The number of H-pyrrole nitrogens is 1. The average molecular weight is 327 g/mol. The van der Waals surface area contributed by atoms with E-state index in [0.717, 1.165) is 12.3 Å². The predicted octanol–water partition coefficient (Wildman–Crippen LogP) is -3.26. The van der Waals surface area contributed by atoms with E-state index in [-0.39, 0.29) is 0 Å². The second-order valence-electron chi connectivity index (χ2n) is 4.94. The molecule has 2 heterocycles. The van der Waals surface area contributed by atoms with Gasteiger partial charge in [-0.05, 0) is 0 Å². The lowest BCUT2D eigenvalue weighted by Crippen LogP contribution is -2.64. The monoisotopic (exact) mass is 327 g/mol. The summed E-state index contributed by atoms with van der Waals surface area (Å²) in [7, 11) is 0. The number of ether oxygens (including phenoxy) is 1. The Bertz CT molecular complexity index is 765. The van der Waals surface area contributed by atoms with Crippen molar-refractivity contribution in [3.8, 4) is 6.07 Å². The molecule has 1 aromatic rings. The van der Waals surface area contributed by atoms with Crippen LogP contribution in [0.3, 0.4) is 0 Å². The number of nitrogens with one attached hydrogen (secondary N) is 1. The third kappa shape index (κ3) is 2.43. The second kappa shape index (κ2) is 5.94. The number of aliphatic carboxylic acids is 1. The van der Waals surface area contributed by atoms with E-state index in [9.17, 15) is 40.1 Å². The minimum atomic E-state index is -2.73. The quantitative estimate of drug-likeness (QED) is 0.380. The Hall–Kier alpha value is -2.52. The number of carbonyl (C=O) groups is 1. The Kier molecular flexibility index (Phi) is 4.35. The summed E-state index contributed by atoms with van der Waals surface area (Å²) in [5, 5.41) is 48.0. The van der Waals surface area contributed by atoms with Gasteiger partial charge in [-0.25, -0.2) is 4.79 Å². The van der Waals surface area contributed by atoms with E-state index in [2.05, 4.69) is 0 Å². The van der Waals surface area contributed by atoms with Crippen molar-refractivity contribution in [2.45, 2.75) is 24.5 Å². The van der Waals surface area contributed by atoms with Gasteiger partial charge in [-0.2, -0.15) is 5.26 Å². The minimum Gasteiger partial charge on any atom is -0.480 e. The Balaban J connectivity index is 2.61. The zero-order chi connectivity index (χ0) is 17.4. The maximum atomic E-state index is 11.8. The Morgan fingerprint density at radius 3 is 2.57 bits per heavy atom. The molecule has 2 rings (SSSR count). The summed E-state index contributed by atoms with van der Waals surface area (Å²) < 4.78 is 5.81. The molecule has 1 fully saturated rings. The number of aliphatic hydroxyl groups is 3. The van der Waals surface area contributed by atoms with Crippen LogP contribution in [0.1, 0.15) is 6.23 Å². The van der Waals surface area contributed by atoms with Gasteiger partial charge in [-0.3, -0.25) is 19.1 Å². The lowest BCUT2D eigenvalue weighted by molar-refractivity contribution is -0.255. The molecule has 1 aliphatic rings. The highest BCUT2D eigenvalue weighted by molar-refractivity contribution is 5.80. The van der Waals surface area contributed by atoms with E-state index < -0.39 is 53.8 Å². The van der Waals surface area contributed by atoms with Crippen LogP contribution in [0.5, 0.6) is 0 Å². The van der Waals surface area contributed by atoms with E-state index in [0.29, 0.717) is 4.57 Å². The molecule has 0 unspecified atom stereocenters. The van der Waals surface area contributed by atoms with Crippen LogP contribution in [-0.4, -0.2) is 60.9 Å². The molecule has 0 radical (unpaired) electrons. The fourth-order valence-corrected chi connectivity index (χ4v) is 2.44. The number of hydrogen-bond acceptors (Lipinski definition) is 8. The molecule has 1 saturated heterocycles. The lowest BCUT2D eigenvalue weighted by Gasteiger charge is -2.45. The third-order valence-corrected chi connectivity index (χ3v) is 3.71. The molecule has 11 heteroatoms. The van der Waals surface area contributed by atoms with Crippen LogP contribution >= 0.6 is 0 Å². The number of nitrogens with zero attached hydrogens (tertiary/aromatic N) is 2. The Morgan fingerprint density at radius 1 is 1.43 bits per heavy atom. The highest BCUT2D eigenvalue weighted by Gasteiger charge is 2.62. The molecule has 5 atom stereocenters. The molecule has 11 nitrogen and oxygen atoms in total. The van der Waals surface area contributed by atoms with Crippen LogP contribution in [0, 0.1) is 16.7 Å². The fourth-order valence-electron chi connectivity index (χ4n) is 2.44. The summed E-state index contributed by atoms with van der Waals surface area (Å²) in [4.78, 5) is 36.2. The summed E-state index contributed by atoms with van der Waals surface area (Å²) in [5.41, 5.74) is -4.49. The highest BCUT2D eigenvalue weighted by atomic mass is 16.6. The first-order valence-corrected chi connectivity index (χ1v) is 6.38. The second-order valence-corrected chi connectivity index (χ2v) is 4.94. The highest BCUT2D eigenvalue weighted by Crippen LogP contribution is 2.40. The summed E-state index contributed by atoms with van der Waals surface area (Å²) in [6.45, 7) is -0.862. The molecular weight excluding hydrogens is 314 g/mol. The minimum absolute atomic E-state index is 0.662. The standard InChI is InChI=1S/C12H13N3O8/c13-4-12(10(20)21)7(18)5(3-16)23-9(8(12)19)15-2-1-6(17)14-11(15)22/h1-2,5,7-9,16,18-19H,3H2,(H,20,21)(H,14,17,22)/t5-,7+,8+,9+,12+/m0/s1. The van der Waals surface area contributed by atoms with Crippen molar-refractivity contribution in [2.75, 3.05) is 6.61 Å². The molecule has 0 saturated carbocycles. The van der Waals surface area contributed by atoms with E-state index in [1.807, 2.05) is 4.98 Å². The van der Waals surface area contributed by atoms with Crippen LogP contribution in [0.4, 0.5) is 0 Å². The van der Waals surface area contributed by atoms with Gasteiger partial charge in [-0.15, -0.1) is 0 Å². The molecule has 23 heavy (non-hydrogen) atoms. The smallest absolute Gasteiger partial charge is 0.330 e. The number of nitriles is 1. The van der Waals surface area contributed by atoms with Crippen LogP contribution in [-0.2, 0) is 9.53 Å². The molecule has 0 aliphatic carbocycles. The molecule has 0 aromatic carbocycles. The maximum absolute atomic E-state index is 11.8. The zero-order valence-corrected chi connectivity index (χ0v) is 11.5. The molecule has 1 aromatic heterocycles. The Morgan fingerprint density at radius 2 is 2.09 bits per heavy atom. The van der Waals surface area contributed by atoms with Gasteiger partial charge in [0, 0.05) is 12.3 Å². The summed E-state index contributed by atoms with van der Waals surface area (Å²) in [6, 6.07) is 2.26. The first-order valence-electron chi connectivity index (χ1n) is 6.38. The fraction of sp³-hybridized carbons (Fsp3) is 0.500. The summed E-state index contributed by atoms with van der Waals surface area (Å²) >= 11 is 0. The maximum Gasteiger partial charge on any atom is 0.330 e. The molecule has 124 valence electrons. The van der Waals surface area contributed by atoms with Gasteiger partial charge in [-0.1, -0.05) is 0 Å². The van der Waals surface area contributed by atoms with Gasteiger partial charge in [0.05, 0.1) is 12.7 Å². The number of carboxylic acids is 1. The van der Waals surface area contributed by atoms with Crippen molar-refractivity contribution in [1.82, 2.24) is 9.55 Å². The van der Waals surface area contributed by atoms with Crippen molar-refractivity contribution in [1.29, 1.82) is 5.26 Å². The van der Waals surface area contributed by atoms with Crippen molar-refractivity contribution >= 4 is 5.97 Å². The first-order chi connectivity index (χ1) is 10.8. The first kappa shape index (κ1) is 16.8. The topological polar surface area (TPSA) is 186 Å². The number of aromatic amines is 1. The van der Waals surface area contributed by atoms with E-state index in [4.69, 9.17) is 4.74 Å². The van der Waals surface area contributed by atoms with Gasteiger partial charge in [0.25, 0.3) is 5.56 Å². The Labute approximate surface area is 127 Å².